The fraction of sp³-hybridized carbons (Fsp3) is 0.625. The minimum Gasteiger partial charge on any atom is -0.496 e. The predicted octanol–water partition coefficient (Wildman–Crippen LogP) is 2.98. The molecular weight excluding hydrogens is 238 g/mol. The van der Waals surface area contributed by atoms with Gasteiger partial charge >= 0.3 is 0 Å². The lowest BCUT2D eigenvalue weighted by atomic mass is 9.85. The van der Waals surface area contributed by atoms with Gasteiger partial charge in [-0.25, -0.2) is 0 Å². The maximum absolute atomic E-state index is 9.68. The van der Waals surface area contributed by atoms with E-state index in [0.29, 0.717) is 0 Å². The highest BCUT2D eigenvalue weighted by molar-refractivity contribution is 5.38. The van der Waals surface area contributed by atoms with Crippen molar-refractivity contribution < 1.29 is 9.84 Å². The molecule has 0 aliphatic heterocycles. The summed E-state index contributed by atoms with van der Waals surface area (Å²) in [5, 5.41) is 9.68. The Bertz CT molecular complexity index is 413. The summed E-state index contributed by atoms with van der Waals surface area (Å²) in [6, 6.07) is 5.94. The van der Waals surface area contributed by atoms with Crippen molar-refractivity contribution in [3.8, 4) is 5.75 Å². The number of aliphatic hydroxyl groups excluding tert-OH is 1. The fourth-order valence-corrected chi connectivity index (χ4v) is 2.65. The zero-order chi connectivity index (χ0) is 13.8. The smallest absolute Gasteiger partial charge is 0.123 e. The van der Waals surface area contributed by atoms with Crippen molar-refractivity contribution in [2.45, 2.75) is 38.8 Å². The van der Waals surface area contributed by atoms with Gasteiger partial charge in [0.2, 0.25) is 0 Å². The van der Waals surface area contributed by atoms with Gasteiger partial charge in [0.25, 0.3) is 0 Å². The molecule has 1 aliphatic carbocycles. The fourth-order valence-electron chi connectivity index (χ4n) is 2.65. The van der Waals surface area contributed by atoms with E-state index in [9.17, 15) is 5.11 Å². The Hall–Kier alpha value is -1.06. The van der Waals surface area contributed by atoms with Crippen LogP contribution in [-0.2, 0) is 6.54 Å². The summed E-state index contributed by atoms with van der Waals surface area (Å²) >= 11 is 0. The zero-order valence-electron chi connectivity index (χ0n) is 12.2. The van der Waals surface area contributed by atoms with Gasteiger partial charge in [0.05, 0.1) is 13.2 Å². The highest BCUT2D eigenvalue weighted by Gasteiger charge is 2.19. The van der Waals surface area contributed by atoms with Gasteiger partial charge in [-0.05, 0) is 50.4 Å². The zero-order valence-corrected chi connectivity index (χ0v) is 12.2. The second-order valence-corrected chi connectivity index (χ2v) is 5.74. The molecule has 1 aromatic carbocycles. The Balaban J connectivity index is 2.05. The molecule has 0 heterocycles. The molecule has 1 atom stereocenters. The molecule has 1 aliphatic rings. The molecule has 1 N–H and O–H groups in total. The molecule has 3 heteroatoms. The van der Waals surface area contributed by atoms with Crippen LogP contribution in [0.15, 0.2) is 18.2 Å². The first kappa shape index (κ1) is 14.4. The summed E-state index contributed by atoms with van der Waals surface area (Å²) < 4.78 is 5.42. The predicted molar refractivity (Wildman–Crippen MR) is 77.3 cm³/mol. The number of hydrogen-bond acceptors (Lipinski definition) is 3. The molecular formula is C16H25NO2. The van der Waals surface area contributed by atoms with Crippen LogP contribution >= 0.6 is 0 Å². The molecule has 0 amide bonds. The van der Waals surface area contributed by atoms with E-state index in [0.717, 1.165) is 35.9 Å². The molecule has 1 fully saturated rings. The first-order valence-electron chi connectivity index (χ1n) is 7.13. The molecule has 1 unspecified atom stereocenters. The SMILES string of the molecule is COc1ccc(C(C)O)cc1CN(C)CC1CCC1. The van der Waals surface area contributed by atoms with Gasteiger partial charge in [0.1, 0.15) is 5.75 Å². The van der Waals surface area contributed by atoms with E-state index in [2.05, 4.69) is 18.0 Å². The van der Waals surface area contributed by atoms with E-state index in [1.54, 1.807) is 14.0 Å². The van der Waals surface area contributed by atoms with Gasteiger partial charge in [0, 0.05) is 18.7 Å². The Labute approximate surface area is 116 Å². The molecule has 0 spiro atoms. The largest absolute Gasteiger partial charge is 0.496 e. The molecule has 1 saturated carbocycles. The summed E-state index contributed by atoms with van der Waals surface area (Å²) in [6.07, 6.45) is 3.70. The third-order valence-electron chi connectivity index (χ3n) is 4.02. The van der Waals surface area contributed by atoms with E-state index in [-0.39, 0.29) is 0 Å². The maximum Gasteiger partial charge on any atom is 0.123 e. The van der Waals surface area contributed by atoms with E-state index in [1.807, 2.05) is 12.1 Å². The van der Waals surface area contributed by atoms with E-state index < -0.39 is 6.10 Å². The van der Waals surface area contributed by atoms with E-state index >= 15 is 0 Å². The standard InChI is InChI=1S/C16H25NO2/c1-12(18)14-7-8-16(19-3)15(9-14)11-17(2)10-13-5-4-6-13/h7-9,12-13,18H,4-6,10-11H2,1-3H3. The van der Waals surface area contributed by atoms with Crippen LogP contribution in [-0.4, -0.2) is 30.7 Å². The molecule has 19 heavy (non-hydrogen) atoms. The second kappa shape index (κ2) is 6.40. The maximum atomic E-state index is 9.68. The Morgan fingerprint density at radius 3 is 2.68 bits per heavy atom. The van der Waals surface area contributed by atoms with Gasteiger partial charge < -0.3 is 14.7 Å². The topological polar surface area (TPSA) is 32.7 Å². The Morgan fingerprint density at radius 1 is 1.42 bits per heavy atom. The highest BCUT2D eigenvalue weighted by Crippen LogP contribution is 2.28. The summed E-state index contributed by atoms with van der Waals surface area (Å²) in [5.41, 5.74) is 2.11. The van der Waals surface area contributed by atoms with Gasteiger partial charge in [0.15, 0.2) is 0 Å². The molecule has 0 bridgehead atoms. The van der Waals surface area contributed by atoms with Crippen molar-refractivity contribution >= 4 is 0 Å². The van der Waals surface area contributed by atoms with Crippen LogP contribution in [0.2, 0.25) is 0 Å². The monoisotopic (exact) mass is 263 g/mol. The average molecular weight is 263 g/mol. The molecule has 3 nitrogen and oxygen atoms in total. The summed E-state index contributed by atoms with van der Waals surface area (Å²) in [7, 11) is 3.86. The second-order valence-electron chi connectivity index (χ2n) is 5.74. The highest BCUT2D eigenvalue weighted by atomic mass is 16.5. The van der Waals surface area contributed by atoms with Crippen molar-refractivity contribution in [1.29, 1.82) is 0 Å². The molecule has 1 aromatic rings. The van der Waals surface area contributed by atoms with Gasteiger partial charge in [-0.15, -0.1) is 0 Å². The van der Waals surface area contributed by atoms with Crippen molar-refractivity contribution in [3.05, 3.63) is 29.3 Å². The first-order valence-corrected chi connectivity index (χ1v) is 7.13. The van der Waals surface area contributed by atoms with Crippen LogP contribution in [0.5, 0.6) is 5.75 Å². The molecule has 0 saturated heterocycles. The quantitative estimate of drug-likeness (QED) is 0.856. The van der Waals surface area contributed by atoms with Crippen molar-refractivity contribution in [3.63, 3.8) is 0 Å². The lowest BCUT2D eigenvalue weighted by molar-refractivity contribution is 0.195. The number of benzene rings is 1. The number of hydrogen-bond donors (Lipinski definition) is 1. The lowest BCUT2D eigenvalue weighted by Gasteiger charge is -2.30. The lowest BCUT2D eigenvalue weighted by Crippen LogP contribution is -2.29. The van der Waals surface area contributed by atoms with Crippen LogP contribution in [0, 0.1) is 5.92 Å². The molecule has 0 aromatic heterocycles. The van der Waals surface area contributed by atoms with Crippen LogP contribution in [0.1, 0.15) is 43.4 Å². The average Bonchev–Trinajstić information content (AvgIpc) is 2.33. The van der Waals surface area contributed by atoms with Crippen molar-refractivity contribution in [2.75, 3.05) is 20.7 Å². The van der Waals surface area contributed by atoms with Crippen LogP contribution in [0.4, 0.5) is 0 Å². The minimum atomic E-state index is -0.429. The normalized spacial score (nSPS) is 17.3. The Morgan fingerprint density at radius 2 is 2.16 bits per heavy atom. The summed E-state index contributed by atoms with van der Waals surface area (Å²) in [5.74, 6) is 1.78. The van der Waals surface area contributed by atoms with Gasteiger partial charge in [-0.1, -0.05) is 12.5 Å². The van der Waals surface area contributed by atoms with Gasteiger partial charge in [-0.2, -0.15) is 0 Å². The van der Waals surface area contributed by atoms with Crippen molar-refractivity contribution in [2.24, 2.45) is 5.92 Å². The number of rotatable bonds is 6. The van der Waals surface area contributed by atoms with Crippen LogP contribution in [0.3, 0.4) is 0 Å². The van der Waals surface area contributed by atoms with Crippen LogP contribution in [0.25, 0.3) is 0 Å². The summed E-state index contributed by atoms with van der Waals surface area (Å²) in [4.78, 5) is 2.35. The Kier molecular flexibility index (Phi) is 4.83. The third-order valence-corrected chi connectivity index (χ3v) is 4.02. The number of aliphatic hydroxyl groups is 1. The van der Waals surface area contributed by atoms with Gasteiger partial charge in [-0.3, -0.25) is 0 Å². The van der Waals surface area contributed by atoms with E-state index in [4.69, 9.17) is 4.74 Å². The number of ether oxygens (including phenoxy) is 1. The third kappa shape index (κ3) is 3.71. The molecule has 0 radical (unpaired) electrons. The first-order chi connectivity index (χ1) is 9.10. The molecule has 2 rings (SSSR count). The van der Waals surface area contributed by atoms with Crippen molar-refractivity contribution in [1.82, 2.24) is 4.90 Å². The molecule has 106 valence electrons. The summed E-state index contributed by atoms with van der Waals surface area (Å²) in [6.45, 7) is 3.83. The minimum absolute atomic E-state index is 0.429. The van der Waals surface area contributed by atoms with E-state index in [1.165, 1.54) is 19.3 Å². The number of methoxy groups -OCH3 is 1. The number of nitrogens with zero attached hydrogens (tertiary/aromatic N) is 1. The van der Waals surface area contributed by atoms with Crippen LogP contribution < -0.4 is 4.74 Å².